The van der Waals surface area contributed by atoms with Crippen LogP contribution in [-0.2, 0) is 10.3 Å². The molecule has 1 saturated carbocycles. The van der Waals surface area contributed by atoms with Gasteiger partial charge in [0.2, 0.25) is 0 Å². The summed E-state index contributed by atoms with van der Waals surface area (Å²) >= 11 is 0. The van der Waals surface area contributed by atoms with Crippen molar-refractivity contribution in [2.45, 2.75) is 31.3 Å². The lowest BCUT2D eigenvalue weighted by Gasteiger charge is -2.35. The van der Waals surface area contributed by atoms with E-state index in [1.54, 1.807) is 0 Å². The number of amides is 1. The number of nitrogens with one attached hydrogen (secondary N) is 1. The lowest BCUT2D eigenvalue weighted by molar-refractivity contribution is 0.0170. The number of hydrogen-bond donors (Lipinski definition) is 1. The minimum atomic E-state index is -0.334. The molecule has 0 unspecified atom stereocenters. The van der Waals surface area contributed by atoms with E-state index in [-0.39, 0.29) is 11.7 Å². The zero-order valence-corrected chi connectivity index (χ0v) is 8.45. The molecular weight excluding hydrogens is 190 g/mol. The highest BCUT2D eigenvalue weighted by molar-refractivity contribution is 5.88. The fraction of sp³-hybridized carbons (Fsp3) is 0.417. The molecule has 0 atom stereocenters. The number of carbonyl (C=O) groups is 1. The van der Waals surface area contributed by atoms with E-state index in [1.807, 2.05) is 18.2 Å². The van der Waals surface area contributed by atoms with Crippen molar-refractivity contribution < 1.29 is 9.53 Å². The van der Waals surface area contributed by atoms with Crippen molar-refractivity contribution in [2.75, 3.05) is 5.32 Å². The molecule has 1 aromatic carbocycles. The van der Waals surface area contributed by atoms with E-state index in [0.29, 0.717) is 0 Å². The van der Waals surface area contributed by atoms with Gasteiger partial charge in [0.25, 0.3) is 0 Å². The Labute approximate surface area is 88.4 Å². The van der Waals surface area contributed by atoms with Gasteiger partial charge < -0.3 is 4.74 Å². The van der Waals surface area contributed by atoms with E-state index >= 15 is 0 Å². The number of rotatable bonds is 0. The third kappa shape index (κ3) is 1.23. The Morgan fingerprint density at radius 3 is 2.73 bits per heavy atom. The zero-order chi connectivity index (χ0) is 10.3. The first-order valence-electron chi connectivity index (χ1n) is 5.40. The van der Waals surface area contributed by atoms with Gasteiger partial charge in [0.15, 0.2) is 0 Å². The molecule has 1 heterocycles. The van der Waals surface area contributed by atoms with Crippen molar-refractivity contribution in [1.29, 1.82) is 0 Å². The first kappa shape index (κ1) is 8.77. The standard InChI is InChI=1S/C12H13NO2/c14-11-13-10-6-2-1-5-9(10)12(15-11)7-3-4-8-12/h1-2,5-6H,3-4,7-8H2,(H,13,14). The lowest BCUT2D eigenvalue weighted by Crippen LogP contribution is -2.37. The van der Waals surface area contributed by atoms with E-state index in [0.717, 1.165) is 36.9 Å². The summed E-state index contributed by atoms with van der Waals surface area (Å²) in [5.74, 6) is 0. The molecule has 1 aliphatic heterocycles. The van der Waals surface area contributed by atoms with Crippen molar-refractivity contribution in [1.82, 2.24) is 0 Å². The van der Waals surface area contributed by atoms with Gasteiger partial charge in [0.1, 0.15) is 5.60 Å². The molecule has 3 heteroatoms. The Morgan fingerprint density at radius 2 is 1.93 bits per heavy atom. The van der Waals surface area contributed by atoms with Gasteiger partial charge in [0, 0.05) is 5.56 Å². The van der Waals surface area contributed by atoms with Crippen LogP contribution in [0.1, 0.15) is 31.2 Å². The molecule has 78 valence electrons. The third-order valence-electron chi connectivity index (χ3n) is 3.35. The smallest absolute Gasteiger partial charge is 0.412 e. The predicted molar refractivity (Wildman–Crippen MR) is 56.7 cm³/mol. The summed E-state index contributed by atoms with van der Waals surface area (Å²) in [7, 11) is 0. The van der Waals surface area contributed by atoms with Crippen molar-refractivity contribution in [3.63, 3.8) is 0 Å². The maximum Gasteiger partial charge on any atom is 0.412 e. The summed E-state index contributed by atoms with van der Waals surface area (Å²) in [4.78, 5) is 11.5. The predicted octanol–water partition coefficient (Wildman–Crippen LogP) is 3.02. The highest BCUT2D eigenvalue weighted by Crippen LogP contribution is 2.47. The van der Waals surface area contributed by atoms with Crippen LogP contribution in [0.15, 0.2) is 24.3 Å². The molecule has 1 aromatic rings. The fourth-order valence-corrected chi connectivity index (χ4v) is 2.67. The Hall–Kier alpha value is -1.51. The van der Waals surface area contributed by atoms with Gasteiger partial charge >= 0.3 is 6.09 Å². The van der Waals surface area contributed by atoms with Crippen molar-refractivity contribution in [3.05, 3.63) is 29.8 Å². The summed E-state index contributed by atoms with van der Waals surface area (Å²) in [5, 5.41) is 2.75. The number of ether oxygens (including phenoxy) is 1. The van der Waals surface area contributed by atoms with Crippen LogP contribution in [0, 0.1) is 0 Å². The topological polar surface area (TPSA) is 38.3 Å². The number of hydrogen-bond acceptors (Lipinski definition) is 2. The summed E-state index contributed by atoms with van der Waals surface area (Å²) in [5.41, 5.74) is 1.72. The van der Waals surface area contributed by atoms with Crippen molar-refractivity contribution >= 4 is 11.8 Å². The molecule has 2 aliphatic rings. The number of fused-ring (bicyclic) bond motifs is 2. The highest BCUT2D eigenvalue weighted by Gasteiger charge is 2.43. The van der Waals surface area contributed by atoms with Crippen LogP contribution in [0.3, 0.4) is 0 Å². The molecule has 0 aromatic heterocycles. The molecule has 0 radical (unpaired) electrons. The minimum Gasteiger partial charge on any atom is -0.438 e. The first-order chi connectivity index (χ1) is 7.30. The van der Waals surface area contributed by atoms with Crippen LogP contribution in [0.4, 0.5) is 10.5 Å². The SMILES string of the molecule is O=C1Nc2ccccc2C2(CCCC2)O1. The molecule has 1 N–H and O–H groups in total. The number of benzene rings is 1. The molecule has 0 bridgehead atoms. The average molecular weight is 203 g/mol. The molecule has 1 fully saturated rings. The summed E-state index contributed by atoms with van der Waals surface area (Å²) in [6.07, 6.45) is 3.88. The Morgan fingerprint density at radius 1 is 1.20 bits per heavy atom. The second-order valence-corrected chi connectivity index (χ2v) is 4.26. The normalized spacial score (nSPS) is 22.0. The maximum atomic E-state index is 11.5. The van der Waals surface area contributed by atoms with Gasteiger partial charge in [-0.1, -0.05) is 18.2 Å². The van der Waals surface area contributed by atoms with Crippen molar-refractivity contribution in [3.8, 4) is 0 Å². The summed E-state index contributed by atoms with van der Waals surface area (Å²) in [6.45, 7) is 0. The number of carbonyl (C=O) groups excluding carboxylic acids is 1. The van der Waals surface area contributed by atoms with Crippen LogP contribution in [0.25, 0.3) is 0 Å². The molecular formula is C12H13NO2. The van der Waals surface area contributed by atoms with Gasteiger partial charge in [-0.25, -0.2) is 4.79 Å². The highest BCUT2D eigenvalue weighted by atomic mass is 16.6. The van der Waals surface area contributed by atoms with Crippen LogP contribution in [-0.4, -0.2) is 6.09 Å². The van der Waals surface area contributed by atoms with Crippen LogP contribution in [0.5, 0.6) is 0 Å². The average Bonchev–Trinajstić information content (AvgIpc) is 2.67. The fourth-order valence-electron chi connectivity index (χ4n) is 2.67. The van der Waals surface area contributed by atoms with Gasteiger partial charge in [-0.15, -0.1) is 0 Å². The Balaban J connectivity index is 2.14. The summed E-state index contributed by atoms with van der Waals surface area (Å²) < 4.78 is 5.51. The molecule has 15 heavy (non-hydrogen) atoms. The van der Waals surface area contributed by atoms with Crippen LogP contribution >= 0.6 is 0 Å². The minimum absolute atomic E-state index is 0.310. The number of anilines is 1. The van der Waals surface area contributed by atoms with E-state index in [1.165, 1.54) is 0 Å². The quantitative estimate of drug-likeness (QED) is 0.703. The molecule has 1 amide bonds. The van der Waals surface area contributed by atoms with Gasteiger partial charge in [-0.3, -0.25) is 5.32 Å². The zero-order valence-electron chi connectivity index (χ0n) is 8.45. The maximum absolute atomic E-state index is 11.5. The Kier molecular flexibility index (Phi) is 1.75. The monoisotopic (exact) mass is 203 g/mol. The Bertz CT molecular complexity index is 408. The van der Waals surface area contributed by atoms with Gasteiger partial charge in [-0.2, -0.15) is 0 Å². The molecule has 1 spiro atoms. The summed E-state index contributed by atoms with van der Waals surface area (Å²) in [6, 6.07) is 7.93. The second kappa shape index (κ2) is 2.99. The second-order valence-electron chi connectivity index (χ2n) is 4.26. The molecule has 3 nitrogen and oxygen atoms in total. The van der Waals surface area contributed by atoms with Gasteiger partial charge in [-0.05, 0) is 31.7 Å². The lowest BCUT2D eigenvalue weighted by atomic mass is 9.89. The van der Waals surface area contributed by atoms with E-state index in [2.05, 4.69) is 11.4 Å². The first-order valence-corrected chi connectivity index (χ1v) is 5.40. The van der Waals surface area contributed by atoms with Crippen LogP contribution < -0.4 is 5.32 Å². The van der Waals surface area contributed by atoms with Crippen LogP contribution in [0.2, 0.25) is 0 Å². The van der Waals surface area contributed by atoms with Gasteiger partial charge in [0.05, 0.1) is 5.69 Å². The number of para-hydroxylation sites is 1. The molecule has 3 rings (SSSR count). The third-order valence-corrected chi connectivity index (χ3v) is 3.35. The van der Waals surface area contributed by atoms with E-state index in [4.69, 9.17) is 4.74 Å². The van der Waals surface area contributed by atoms with E-state index < -0.39 is 0 Å². The molecule has 0 saturated heterocycles. The largest absolute Gasteiger partial charge is 0.438 e. The molecule has 1 aliphatic carbocycles. The van der Waals surface area contributed by atoms with Crippen molar-refractivity contribution in [2.24, 2.45) is 0 Å². The van der Waals surface area contributed by atoms with E-state index in [9.17, 15) is 4.79 Å².